The summed E-state index contributed by atoms with van der Waals surface area (Å²) in [7, 11) is -3.92. The Balaban J connectivity index is 2.26. The van der Waals surface area contributed by atoms with Gasteiger partial charge < -0.3 is 19.3 Å². The lowest BCUT2D eigenvalue weighted by atomic mass is 10.2. The van der Waals surface area contributed by atoms with Crippen molar-refractivity contribution < 1.29 is 13.6 Å². The van der Waals surface area contributed by atoms with Crippen molar-refractivity contribution in [3.63, 3.8) is 0 Å². The summed E-state index contributed by atoms with van der Waals surface area (Å²) in [6, 6.07) is 2.04. The normalized spacial score (nSPS) is 23.6. The Labute approximate surface area is 184 Å². The van der Waals surface area contributed by atoms with Crippen LogP contribution in [0.5, 0.6) is 0 Å². The minimum atomic E-state index is -2.03. The number of nitrogens with two attached hydrogens (primary N) is 1. The zero-order valence-electron chi connectivity index (χ0n) is 20.4. The minimum Gasteiger partial charge on any atom is -0.414 e. The number of nitrogens with zero attached hydrogens (tertiary/aromatic N) is 3. The van der Waals surface area contributed by atoms with Gasteiger partial charge in [-0.25, -0.2) is 4.98 Å². The van der Waals surface area contributed by atoms with E-state index in [1.54, 1.807) is 10.9 Å². The summed E-state index contributed by atoms with van der Waals surface area (Å²) in [4.78, 5) is 4.13. The lowest BCUT2D eigenvalue weighted by molar-refractivity contribution is -0.0451. The molecule has 0 saturated carbocycles. The molecule has 0 amide bonds. The van der Waals surface area contributed by atoms with E-state index < -0.39 is 22.9 Å². The van der Waals surface area contributed by atoms with Crippen molar-refractivity contribution in [2.24, 2.45) is 0 Å². The first-order valence-electron chi connectivity index (χ1n) is 10.7. The average molecular weight is 453 g/mol. The van der Waals surface area contributed by atoms with Crippen molar-refractivity contribution in [2.45, 2.75) is 103 Å². The molecule has 0 unspecified atom stereocenters. The Morgan fingerprint density at radius 1 is 1.17 bits per heavy atom. The molecule has 30 heavy (non-hydrogen) atoms. The molecule has 1 aromatic rings. The Morgan fingerprint density at radius 3 is 2.20 bits per heavy atom. The Hall–Kier alpha value is -1.19. The molecule has 170 valence electrons. The molecule has 7 nitrogen and oxygen atoms in total. The van der Waals surface area contributed by atoms with Gasteiger partial charge in [-0.1, -0.05) is 41.5 Å². The summed E-state index contributed by atoms with van der Waals surface area (Å²) in [5, 5.41) is 9.46. The van der Waals surface area contributed by atoms with Crippen molar-refractivity contribution in [3.8, 4) is 6.07 Å². The molecule has 3 atom stereocenters. The van der Waals surface area contributed by atoms with Crippen molar-refractivity contribution in [2.75, 3.05) is 12.3 Å². The molecule has 1 aliphatic rings. The smallest absolute Gasteiger partial charge is 0.192 e. The maximum absolute atomic E-state index is 9.25. The van der Waals surface area contributed by atoms with Gasteiger partial charge in [0.2, 0.25) is 0 Å². The first-order chi connectivity index (χ1) is 13.5. The number of anilines is 1. The molecule has 0 aromatic carbocycles. The van der Waals surface area contributed by atoms with Crippen LogP contribution in [0, 0.1) is 11.3 Å². The van der Waals surface area contributed by atoms with Gasteiger partial charge in [-0.15, -0.1) is 0 Å². The van der Waals surface area contributed by atoms with Crippen LogP contribution in [-0.4, -0.2) is 45.0 Å². The number of hydrogen-bond donors (Lipinski definition) is 1. The summed E-state index contributed by atoms with van der Waals surface area (Å²) >= 11 is 0. The van der Waals surface area contributed by atoms with Gasteiger partial charge in [-0.3, -0.25) is 4.57 Å². The highest BCUT2D eigenvalue weighted by Crippen LogP contribution is 2.43. The summed E-state index contributed by atoms with van der Waals surface area (Å²) in [5.41, 5.74) is 6.39. The fourth-order valence-corrected chi connectivity index (χ4v) is 5.27. The predicted octanol–water partition coefficient (Wildman–Crippen LogP) is 5.04. The molecular formula is C21H40N4O3Si2. The van der Waals surface area contributed by atoms with Gasteiger partial charge in [0.1, 0.15) is 18.2 Å². The van der Waals surface area contributed by atoms with Crippen LogP contribution in [0.4, 0.5) is 5.82 Å². The summed E-state index contributed by atoms with van der Waals surface area (Å²) < 4.78 is 21.3. The number of imidazole rings is 1. The molecule has 0 aliphatic carbocycles. The summed E-state index contributed by atoms with van der Waals surface area (Å²) in [5.74, 6) is 0.317. The third-order valence-corrected chi connectivity index (χ3v) is 16.1. The van der Waals surface area contributed by atoms with Crippen LogP contribution in [0.25, 0.3) is 0 Å². The third kappa shape index (κ3) is 5.17. The van der Waals surface area contributed by atoms with Crippen molar-refractivity contribution in [1.82, 2.24) is 9.55 Å². The monoisotopic (exact) mass is 452 g/mol. The predicted molar refractivity (Wildman–Crippen MR) is 125 cm³/mol. The highest BCUT2D eigenvalue weighted by molar-refractivity contribution is 6.74. The van der Waals surface area contributed by atoms with Gasteiger partial charge in [0.05, 0.1) is 18.8 Å². The molecule has 2 N–H and O–H groups in total. The van der Waals surface area contributed by atoms with E-state index in [0.29, 0.717) is 12.4 Å². The topological polar surface area (TPSA) is 95.3 Å². The highest BCUT2D eigenvalue weighted by Gasteiger charge is 2.46. The first kappa shape index (κ1) is 25.1. The molecule has 1 saturated heterocycles. The van der Waals surface area contributed by atoms with E-state index in [4.69, 9.17) is 19.3 Å². The Bertz CT molecular complexity index is 788. The third-order valence-electron chi connectivity index (χ3n) is 7.05. The summed E-state index contributed by atoms with van der Waals surface area (Å²) in [6.45, 7) is 22.9. The molecule has 1 aromatic heterocycles. The van der Waals surface area contributed by atoms with Gasteiger partial charge in [-0.05, 0) is 36.3 Å². The lowest BCUT2D eigenvalue weighted by Crippen LogP contribution is -2.45. The van der Waals surface area contributed by atoms with E-state index in [1.807, 2.05) is 6.07 Å². The van der Waals surface area contributed by atoms with Crippen molar-refractivity contribution in [1.29, 1.82) is 5.26 Å². The van der Waals surface area contributed by atoms with E-state index in [-0.39, 0.29) is 28.0 Å². The zero-order valence-corrected chi connectivity index (χ0v) is 22.4. The molecule has 9 heteroatoms. The molecule has 0 bridgehead atoms. The molecule has 1 fully saturated rings. The van der Waals surface area contributed by atoms with Crippen LogP contribution >= 0.6 is 0 Å². The molecular weight excluding hydrogens is 412 g/mol. The van der Waals surface area contributed by atoms with Gasteiger partial charge in [-0.2, -0.15) is 5.26 Å². The Kier molecular flexibility index (Phi) is 7.02. The first-order valence-corrected chi connectivity index (χ1v) is 16.5. The van der Waals surface area contributed by atoms with Crippen LogP contribution in [0.15, 0.2) is 6.33 Å². The van der Waals surface area contributed by atoms with Gasteiger partial charge in [0, 0.05) is 6.42 Å². The number of ether oxygens (including phenoxy) is 1. The largest absolute Gasteiger partial charge is 0.414 e. The molecule has 2 rings (SSSR count). The van der Waals surface area contributed by atoms with E-state index in [0.717, 1.165) is 6.42 Å². The molecule has 0 spiro atoms. The van der Waals surface area contributed by atoms with E-state index in [9.17, 15) is 5.26 Å². The molecule has 1 aliphatic heterocycles. The number of nitrogen functional groups attached to an aromatic ring is 1. The second kappa shape index (κ2) is 8.39. The fraction of sp³-hybridized carbons (Fsp3) is 0.810. The second-order valence-corrected chi connectivity index (χ2v) is 20.9. The fourth-order valence-electron chi connectivity index (χ4n) is 2.91. The van der Waals surface area contributed by atoms with Crippen molar-refractivity contribution in [3.05, 3.63) is 12.0 Å². The lowest BCUT2D eigenvalue weighted by Gasteiger charge is -2.39. The van der Waals surface area contributed by atoms with Crippen LogP contribution in [0.1, 0.15) is 59.9 Å². The zero-order chi connectivity index (χ0) is 23.1. The standard InChI is InChI=1S/C21H40N4O3Si2/c1-20(2,3)29(7,8)26-13-15-11-17(28-30(9,10)21(4,5)6)19(27-15)25-14-24-16(12-22)18(25)23/h14-15,17,19H,11,13,23H2,1-10H3/t15-,17+,19+/m0/s1. The maximum atomic E-state index is 9.25. The number of rotatable bonds is 6. The van der Waals surface area contributed by atoms with Crippen LogP contribution in [-0.2, 0) is 13.6 Å². The summed E-state index contributed by atoms with van der Waals surface area (Å²) in [6.07, 6.45) is 1.64. The van der Waals surface area contributed by atoms with Gasteiger partial charge >= 0.3 is 0 Å². The quantitative estimate of drug-likeness (QED) is 0.608. The van der Waals surface area contributed by atoms with Crippen LogP contribution < -0.4 is 5.73 Å². The van der Waals surface area contributed by atoms with E-state index >= 15 is 0 Å². The van der Waals surface area contributed by atoms with Crippen molar-refractivity contribution >= 4 is 22.5 Å². The number of aromatic nitrogens is 2. The van der Waals surface area contributed by atoms with E-state index in [1.165, 1.54) is 0 Å². The van der Waals surface area contributed by atoms with Gasteiger partial charge in [0.25, 0.3) is 0 Å². The maximum Gasteiger partial charge on any atom is 0.192 e. The van der Waals surface area contributed by atoms with Crippen LogP contribution in [0.3, 0.4) is 0 Å². The minimum absolute atomic E-state index is 0.0750. The average Bonchev–Trinajstić information content (AvgIpc) is 3.13. The van der Waals surface area contributed by atoms with Crippen LogP contribution in [0.2, 0.25) is 36.3 Å². The Morgan fingerprint density at radius 2 is 1.73 bits per heavy atom. The second-order valence-electron chi connectivity index (χ2n) is 11.4. The number of hydrogen-bond acceptors (Lipinski definition) is 6. The number of nitriles is 1. The SMILES string of the molecule is CC(C)(C)[Si](C)(C)OC[C@@H]1C[C@@H](O[Si](C)(C)C(C)(C)C)[C@H](n2cnc(C#N)c2N)O1. The van der Waals surface area contributed by atoms with Gasteiger partial charge in [0.15, 0.2) is 28.6 Å². The van der Waals surface area contributed by atoms with E-state index in [2.05, 4.69) is 72.7 Å². The highest BCUT2D eigenvalue weighted by atomic mass is 28.4. The molecule has 2 heterocycles. The molecule has 0 radical (unpaired) electrons.